The van der Waals surface area contributed by atoms with E-state index in [9.17, 15) is 13.6 Å². The smallest absolute Gasteiger partial charge is 0.246 e. The molecule has 6 rings (SSSR count). The summed E-state index contributed by atoms with van der Waals surface area (Å²) in [5.74, 6) is 1.86. The fraction of sp³-hybridized carbons (Fsp3) is 0.256. The van der Waals surface area contributed by atoms with Gasteiger partial charge in [0.25, 0.3) is 0 Å². The molecule has 1 aromatic heterocycles. The van der Waals surface area contributed by atoms with E-state index in [1.807, 2.05) is 37.0 Å². The summed E-state index contributed by atoms with van der Waals surface area (Å²) >= 11 is 0. The molecule has 2 heterocycles. The van der Waals surface area contributed by atoms with E-state index in [2.05, 4.69) is 35.0 Å². The first kappa shape index (κ1) is 36.3. The maximum absolute atomic E-state index is 13.1. The minimum Gasteiger partial charge on any atom is -0.493 e. The summed E-state index contributed by atoms with van der Waals surface area (Å²) in [4.78, 5) is 21.8. The molecule has 52 heavy (non-hydrogen) atoms. The van der Waals surface area contributed by atoms with E-state index in [1.165, 1.54) is 41.0 Å². The number of carbonyl (C=O) groups excluding carboxylic acids is 1. The van der Waals surface area contributed by atoms with Crippen molar-refractivity contribution < 1.29 is 27.8 Å². The van der Waals surface area contributed by atoms with Crippen LogP contribution >= 0.6 is 0 Å². The van der Waals surface area contributed by atoms with Crippen LogP contribution < -0.4 is 14.2 Å². The van der Waals surface area contributed by atoms with Gasteiger partial charge in [-0.05, 0) is 120 Å². The Kier molecular flexibility index (Phi) is 11.9. The minimum absolute atomic E-state index is 0.00396. The molecular weight excluding hydrogens is 660 g/mol. The lowest BCUT2D eigenvalue weighted by atomic mass is 10.0. The number of piperazine rings is 1. The third-order valence-electron chi connectivity index (χ3n) is 9.09. The SMILES string of the molecule is Cc1cc(CN2CCN(C(=O)C=Cc3cc(C)c(Oc4ccc(OCc5ccc(F)cc5)cn4)c(C)c3)CC2)ccc1CCOc1ccc(F)cc1. The fourth-order valence-electron chi connectivity index (χ4n) is 6.21. The molecule has 9 heteroatoms. The van der Waals surface area contributed by atoms with Crippen LogP contribution in [0.2, 0.25) is 0 Å². The van der Waals surface area contributed by atoms with Crippen molar-refractivity contribution in [3.8, 4) is 23.1 Å². The van der Waals surface area contributed by atoms with Gasteiger partial charge in [-0.1, -0.05) is 30.3 Å². The van der Waals surface area contributed by atoms with E-state index in [-0.39, 0.29) is 17.5 Å². The lowest BCUT2D eigenvalue weighted by molar-refractivity contribution is -0.127. The Bertz CT molecular complexity index is 1970. The van der Waals surface area contributed by atoms with E-state index in [0.29, 0.717) is 49.4 Å². The highest BCUT2D eigenvalue weighted by Gasteiger charge is 2.20. The largest absolute Gasteiger partial charge is 0.493 e. The molecule has 1 saturated heterocycles. The van der Waals surface area contributed by atoms with Gasteiger partial charge in [0, 0.05) is 51.3 Å². The molecule has 0 atom stereocenters. The highest BCUT2D eigenvalue weighted by molar-refractivity contribution is 5.92. The second kappa shape index (κ2) is 17.1. The fourth-order valence-corrected chi connectivity index (χ4v) is 6.21. The molecule has 4 aromatic carbocycles. The lowest BCUT2D eigenvalue weighted by Crippen LogP contribution is -2.47. The number of pyridine rings is 1. The highest BCUT2D eigenvalue weighted by atomic mass is 19.1. The zero-order chi connectivity index (χ0) is 36.5. The van der Waals surface area contributed by atoms with E-state index >= 15 is 0 Å². The topological polar surface area (TPSA) is 64.1 Å². The van der Waals surface area contributed by atoms with Crippen molar-refractivity contribution in [2.24, 2.45) is 0 Å². The van der Waals surface area contributed by atoms with E-state index in [1.54, 1.807) is 48.7 Å². The third kappa shape index (κ3) is 10.0. The number of aromatic nitrogens is 1. The van der Waals surface area contributed by atoms with Crippen molar-refractivity contribution in [3.63, 3.8) is 0 Å². The molecule has 0 unspecified atom stereocenters. The molecule has 1 aliphatic heterocycles. The Labute approximate surface area is 304 Å². The van der Waals surface area contributed by atoms with Crippen LogP contribution in [0.1, 0.15) is 38.9 Å². The number of nitrogens with zero attached hydrogens (tertiary/aromatic N) is 3. The summed E-state index contributed by atoms with van der Waals surface area (Å²) in [6.07, 6.45) is 5.89. The summed E-state index contributed by atoms with van der Waals surface area (Å²) in [6.45, 7) is 10.7. The molecule has 0 radical (unpaired) electrons. The van der Waals surface area contributed by atoms with Crippen LogP contribution in [0, 0.1) is 32.4 Å². The summed E-state index contributed by atoms with van der Waals surface area (Å²) in [7, 11) is 0. The van der Waals surface area contributed by atoms with E-state index < -0.39 is 0 Å². The van der Waals surface area contributed by atoms with Gasteiger partial charge in [-0.2, -0.15) is 0 Å². The van der Waals surface area contributed by atoms with Crippen molar-refractivity contribution in [3.05, 3.63) is 154 Å². The first-order chi connectivity index (χ1) is 25.2. The average Bonchev–Trinajstić information content (AvgIpc) is 3.14. The van der Waals surface area contributed by atoms with Crippen LogP contribution in [0.5, 0.6) is 23.1 Å². The first-order valence-electron chi connectivity index (χ1n) is 17.5. The van der Waals surface area contributed by atoms with Gasteiger partial charge in [-0.25, -0.2) is 13.8 Å². The van der Waals surface area contributed by atoms with Gasteiger partial charge in [0.15, 0.2) is 0 Å². The zero-order valence-electron chi connectivity index (χ0n) is 29.8. The van der Waals surface area contributed by atoms with Gasteiger partial charge >= 0.3 is 0 Å². The van der Waals surface area contributed by atoms with Gasteiger partial charge in [0.2, 0.25) is 11.8 Å². The Hall–Kier alpha value is -5.54. The van der Waals surface area contributed by atoms with Crippen molar-refractivity contribution in [2.75, 3.05) is 32.8 Å². The van der Waals surface area contributed by atoms with Gasteiger partial charge in [-0.3, -0.25) is 9.69 Å². The van der Waals surface area contributed by atoms with E-state index in [0.717, 1.165) is 48.3 Å². The Morgan fingerprint density at radius 3 is 2.06 bits per heavy atom. The number of amides is 1. The van der Waals surface area contributed by atoms with Crippen molar-refractivity contribution in [1.29, 1.82) is 0 Å². The third-order valence-corrected chi connectivity index (χ3v) is 9.09. The van der Waals surface area contributed by atoms with E-state index in [4.69, 9.17) is 14.2 Å². The number of hydrogen-bond acceptors (Lipinski definition) is 6. The van der Waals surface area contributed by atoms with Gasteiger partial charge in [0.1, 0.15) is 35.5 Å². The quantitative estimate of drug-likeness (QED) is 0.115. The zero-order valence-corrected chi connectivity index (χ0v) is 29.8. The second-order valence-electron chi connectivity index (χ2n) is 13.1. The molecule has 0 saturated carbocycles. The molecule has 268 valence electrons. The molecule has 7 nitrogen and oxygen atoms in total. The number of aryl methyl sites for hydroxylation is 3. The summed E-state index contributed by atoms with van der Waals surface area (Å²) in [6, 6.07) is 26.4. The number of benzene rings is 4. The molecule has 1 aliphatic rings. The van der Waals surface area contributed by atoms with Gasteiger partial charge in [0.05, 0.1) is 12.8 Å². The number of hydrogen-bond donors (Lipinski definition) is 0. The van der Waals surface area contributed by atoms with Crippen LogP contribution in [0.3, 0.4) is 0 Å². The maximum Gasteiger partial charge on any atom is 0.246 e. The Balaban J connectivity index is 0.944. The van der Waals surface area contributed by atoms with Gasteiger partial charge < -0.3 is 19.1 Å². The summed E-state index contributed by atoms with van der Waals surface area (Å²) < 4.78 is 43.9. The summed E-state index contributed by atoms with van der Waals surface area (Å²) in [5.41, 5.74) is 7.35. The summed E-state index contributed by atoms with van der Waals surface area (Å²) in [5, 5.41) is 0. The number of carbonyl (C=O) groups is 1. The lowest BCUT2D eigenvalue weighted by Gasteiger charge is -2.34. The Morgan fingerprint density at radius 1 is 0.750 bits per heavy atom. The highest BCUT2D eigenvalue weighted by Crippen LogP contribution is 2.30. The normalized spacial score (nSPS) is 13.4. The van der Waals surface area contributed by atoms with Gasteiger partial charge in [-0.15, -0.1) is 0 Å². The Morgan fingerprint density at radius 2 is 1.40 bits per heavy atom. The first-order valence-corrected chi connectivity index (χ1v) is 17.5. The molecule has 0 aliphatic carbocycles. The standard InChI is InChI=1S/C43H43F2N3O4/c1-30-24-35(4-8-36(30)18-23-50-39-13-11-38(45)12-14-39)28-47-19-21-48(22-20-47)42(49)17-7-34-25-31(2)43(32(3)26-34)52-41-16-15-40(27-46-41)51-29-33-5-9-37(44)10-6-33/h4-17,24-27H,18-23,28-29H2,1-3H3. The molecule has 1 amide bonds. The molecule has 0 bridgehead atoms. The predicted octanol–water partition coefficient (Wildman–Crippen LogP) is 8.64. The van der Waals surface area contributed by atoms with Crippen molar-refractivity contribution >= 4 is 12.0 Å². The van der Waals surface area contributed by atoms with Crippen molar-refractivity contribution in [2.45, 2.75) is 40.3 Å². The van der Waals surface area contributed by atoms with Crippen LogP contribution in [-0.4, -0.2) is 53.5 Å². The van der Waals surface area contributed by atoms with Crippen LogP contribution in [0.15, 0.2) is 103 Å². The van der Waals surface area contributed by atoms with Crippen LogP contribution in [-0.2, 0) is 24.4 Å². The molecular formula is C43H43F2N3O4. The monoisotopic (exact) mass is 703 g/mol. The van der Waals surface area contributed by atoms with Crippen LogP contribution in [0.4, 0.5) is 8.78 Å². The van der Waals surface area contributed by atoms with Crippen molar-refractivity contribution in [1.82, 2.24) is 14.8 Å². The second-order valence-corrected chi connectivity index (χ2v) is 13.1. The number of rotatable bonds is 13. The molecule has 0 N–H and O–H groups in total. The maximum atomic E-state index is 13.1. The average molecular weight is 704 g/mol. The number of halogens is 2. The van der Waals surface area contributed by atoms with Crippen LogP contribution in [0.25, 0.3) is 6.08 Å². The number of ether oxygens (including phenoxy) is 3. The molecule has 5 aromatic rings. The molecule has 1 fully saturated rings. The molecule has 0 spiro atoms. The predicted molar refractivity (Wildman–Crippen MR) is 199 cm³/mol. The minimum atomic E-state index is -0.282.